The van der Waals surface area contributed by atoms with E-state index < -0.39 is 6.16 Å². The summed E-state index contributed by atoms with van der Waals surface area (Å²) in [5.74, 6) is -0.151. The van der Waals surface area contributed by atoms with Crippen LogP contribution in [0.4, 0.5) is 9.18 Å². The highest BCUT2D eigenvalue weighted by molar-refractivity contribution is 6.31. The first-order chi connectivity index (χ1) is 17.9. The van der Waals surface area contributed by atoms with Gasteiger partial charge in [-0.25, -0.2) is 9.18 Å². The van der Waals surface area contributed by atoms with Gasteiger partial charge in [0.1, 0.15) is 23.9 Å². The van der Waals surface area contributed by atoms with Crippen LogP contribution in [0.5, 0.6) is 11.5 Å². The van der Waals surface area contributed by atoms with Crippen molar-refractivity contribution < 1.29 is 28.6 Å². The molecule has 0 heterocycles. The number of hydrogen-bond donors (Lipinski definition) is 2. The van der Waals surface area contributed by atoms with Crippen molar-refractivity contribution in [2.24, 2.45) is 0 Å². The van der Waals surface area contributed by atoms with Crippen LogP contribution in [0, 0.1) is 5.82 Å². The van der Waals surface area contributed by atoms with Gasteiger partial charge < -0.3 is 19.9 Å². The Hall–Kier alpha value is -4.36. The summed E-state index contributed by atoms with van der Waals surface area (Å²) in [6, 6.07) is 25.6. The van der Waals surface area contributed by atoms with Crippen molar-refractivity contribution in [3.63, 3.8) is 0 Å². The van der Waals surface area contributed by atoms with E-state index >= 15 is 0 Å². The van der Waals surface area contributed by atoms with E-state index in [1.165, 1.54) is 12.1 Å². The molecular weight excluding hydrogens is 497 g/mol. The highest BCUT2D eigenvalue weighted by atomic mass is 35.5. The quantitative estimate of drug-likeness (QED) is 0.189. The fourth-order valence-electron chi connectivity index (χ4n) is 3.67. The zero-order chi connectivity index (χ0) is 26.2. The van der Waals surface area contributed by atoms with Crippen LogP contribution < -0.4 is 14.8 Å². The molecular formula is C29H23ClFNO5. The number of benzene rings is 4. The second kappa shape index (κ2) is 12.1. The minimum atomic E-state index is -1.36. The molecule has 1 amide bonds. The third-order valence-electron chi connectivity index (χ3n) is 5.57. The van der Waals surface area contributed by atoms with Crippen LogP contribution in [0.1, 0.15) is 21.5 Å². The van der Waals surface area contributed by atoms with E-state index in [9.17, 15) is 14.0 Å². The molecule has 0 spiro atoms. The maximum atomic E-state index is 13.9. The third kappa shape index (κ3) is 7.08. The number of carbonyl (C=O) groups excluding carboxylic acids is 1. The van der Waals surface area contributed by atoms with Gasteiger partial charge in [-0.1, -0.05) is 66.2 Å². The zero-order valence-electron chi connectivity index (χ0n) is 19.6. The van der Waals surface area contributed by atoms with Crippen LogP contribution in [0.15, 0.2) is 91.0 Å². The number of amides is 1. The summed E-state index contributed by atoms with van der Waals surface area (Å²) in [6.45, 7) is 0.370. The summed E-state index contributed by atoms with van der Waals surface area (Å²) < 4.78 is 24.3. The van der Waals surface area contributed by atoms with Gasteiger partial charge in [-0.2, -0.15) is 0 Å². The van der Waals surface area contributed by atoms with E-state index in [4.69, 9.17) is 21.4 Å². The van der Waals surface area contributed by atoms with E-state index in [1.54, 1.807) is 54.6 Å². The molecule has 0 fully saturated rings. The van der Waals surface area contributed by atoms with Crippen LogP contribution in [0.25, 0.3) is 11.1 Å². The third-order valence-corrected chi connectivity index (χ3v) is 5.81. The molecule has 0 aliphatic heterocycles. The Labute approximate surface area is 218 Å². The van der Waals surface area contributed by atoms with Gasteiger partial charge in [0.25, 0.3) is 5.91 Å². The Morgan fingerprint density at radius 1 is 0.892 bits per heavy atom. The summed E-state index contributed by atoms with van der Waals surface area (Å²) in [5, 5.41) is 12.0. The Morgan fingerprint density at radius 3 is 2.24 bits per heavy atom. The lowest BCUT2D eigenvalue weighted by Crippen LogP contribution is -2.26. The monoisotopic (exact) mass is 519 g/mol. The van der Waals surface area contributed by atoms with Crippen molar-refractivity contribution in [3.05, 3.63) is 119 Å². The summed E-state index contributed by atoms with van der Waals surface area (Å²) in [5.41, 5.74) is 3.56. The molecule has 6 nitrogen and oxygen atoms in total. The average molecular weight is 520 g/mol. The van der Waals surface area contributed by atoms with Gasteiger partial charge >= 0.3 is 6.16 Å². The minimum absolute atomic E-state index is 0.0176. The van der Waals surface area contributed by atoms with Crippen molar-refractivity contribution >= 4 is 23.7 Å². The number of rotatable bonds is 9. The second-order valence-corrected chi connectivity index (χ2v) is 8.55. The van der Waals surface area contributed by atoms with Crippen LogP contribution >= 0.6 is 11.6 Å². The van der Waals surface area contributed by atoms with E-state index in [1.807, 2.05) is 24.3 Å². The van der Waals surface area contributed by atoms with Crippen LogP contribution in [-0.4, -0.2) is 23.7 Å². The normalized spacial score (nSPS) is 10.5. The largest absolute Gasteiger partial charge is 0.511 e. The molecule has 4 rings (SSSR count). The maximum Gasteiger partial charge on any atom is 0.511 e. The summed E-state index contributed by atoms with van der Waals surface area (Å²) in [7, 11) is 0. The van der Waals surface area contributed by atoms with Gasteiger partial charge in [0, 0.05) is 17.1 Å². The number of carboxylic acid groups (broad SMARTS) is 1. The number of halogens is 2. The predicted molar refractivity (Wildman–Crippen MR) is 139 cm³/mol. The molecule has 0 radical (unpaired) electrons. The lowest BCUT2D eigenvalue weighted by Gasteiger charge is -2.13. The molecule has 0 atom stereocenters. The molecule has 0 aliphatic rings. The Morgan fingerprint density at radius 2 is 1.57 bits per heavy atom. The van der Waals surface area contributed by atoms with Gasteiger partial charge in [-0.3, -0.25) is 4.79 Å². The lowest BCUT2D eigenvalue weighted by atomic mass is 10.0. The van der Waals surface area contributed by atoms with E-state index in [2.05, 4.69) is 10.1 Å². The van der Waals surface area contributed by atoms with Crippen molar-refractivity contribution in [1.82, 2.24) is 5.32 Å². The molecule has 4 aromatic carbocycles. The molecule has 37 heavy (non-hydrogen) atoms. The van der Waals surface area contributed by atoms with E-state index in [-0.39, 0.29) is 29.6 Å². The molecule has 4 aromatic rings. The topological polar surface area (TPSA) is 84.9 Å². The van der Waals surface area contributed by atoms with Gasteiger partial charge in [0.05, 0.1) is 5.56 Å². The van der Waals surface area contributed by atoms with Gasteiger partial charge in [-0.05, 0) is 59.5 Å². The highest BCUT2D eigenvalue weighted by Crippen LogP contribution is 2.25. The molecule has 0 unspecified atom stereocenters. The van der Waals surface area contributed by atoms with E-state index in [0.717, 1.165) is 16.7 Å². The van der Waals surface area contributed by atoms with Gasteiger partial charge in [0.2, 0.25) is 0 Å². The number of ether oxygens (including phenoxy) is 2. The van der Waals surface area contributed by atoms with Gasteiger partial charge in [0.15, 0.2) is 0 Å². The van der Waals surface area contributed by atoms with Gasteiger partial charge in [-0.15, -0.1) is 0 Å². The van der Waals surface area contributed by atoms with Crippen molar-refractivity contribution in [3.8, 4) is 22.6 Å². The molecule has 0 aliphatic carbocycles. The number of nitrogens with one attached hydrogen (secondary N) is 1. The molecule has 8 heteroatoms. The van der Waals surface area contributed by atoms with E-state index in [0.29, 0.717) is 29.3 Å². The van der Waals surface area contributed by atoms with Crippen molar-refractivity contribution in [2.45, 2.75) is 13.0 Å². The zero-order valence-corrected chi connectivity index (χ0v) is 20.4. The Kier molecular flexibility index (Phi) is 8.38. The average Bonchev–Trinajstić information content (AvgIpc) is 2.89. The number of hydrogen-bond acceptors (Lipinski definition) is 4. The Balaban J connectivity index is 1.33. The number of carbonyl (C=O) groups is 2. The lowest BCUT2D eigenvalue weighted by molar-refractivity contribution is 0.0949. The second-order valence-electron chi connectivity index (χ2n) is 8.12. The smallest absolute Gasteiger partial charge is 0.488 e. The van der Waals surface area contributed by atoms with Crippen molar-refractivity contribution in [2.75, 3.05) is 6.54 Å². The molecule has 0 saturated carbocycles. The fourth-order valence-corrected chi connectivity index (χ4v) is 3.84. The highest BCUT2D eigenvalue weighted by Gasteiger charge is 2.14. The molecule has 0 saturated heterocycles. The van der Waals surface area contributed by atoms with Crippen molar-refractivity contribution in [1.29, 1.82) is 0 Å². The summed E-state index contributed by atoms with van der Waals surface area (Å²) in [4.78, 5) is 23.5. The van der Waals surface area contributed by atoms with Crippen LogP contribution in [-0.2, 0) is 13.0 Å². The first-order valence-electron chi connectivity index (χ1n) is 11.4. The predicted octanol–water partition coefficient (Wildman–Crippen LogP) is 6.75. The summed E-state index contributed by atoms with van der Waals surface area (Å²) >= 11 is 6.10. The van der Waals surface area contributed by atoms with Crippen LogP contribution in [0.3, 0.4) is 0 Å². The first kappa shape index (κ1) is 25.7. The minimum Gasteiger partial charge on any atom is -0.488 e. The van der Waals surface area contributed by atoms with Crippen LogP contribution in [0.2, 0.25) is 5.02 Å². The molecule has 2 N–H and O–H groups in total. The maximum absolute atomic E-state index is 13.9. The molecule has 0 aromatic heterocycles. The summed E-state index contributed by atoms with van der Waals surface area (Å²) in [6.07, 6.45) is -0.755. The first-order valence-corrected chi connectivity index (χ1v) is 11.8. The fraction of sp³-hybridized carbons (Fsp3) is 0.103. The SMILES string of the molecule is O=C(O)Oc1ccc(-c2ccc(CCNC(=O)c3cc(Cl)ccc3OCc3ccccc3F)cc2)cc1. The molecule has 0 bridgehead atoms. The Bertz CT molecular complexity index is 1390. The molecule has 188 valence electrons. The standard InChI is InChI=1S/C29H23ClFNO5/c30-23-11-14-27(36-18-22-3-1-2-4-26(22)31)25(17-23)28(33)32-16-15-19-5-7-20(8-6-19)21-9-12-24(13-10-21)37-29(34)35/h1-14,17H,15-16,18H2,(H,32,33)(H,34,35).